The van der Waals surface area contributed by atoms with E-state index < -0.39 is 5.41 Å². The summed E-state index contributed by atoms with van der Waals surface area (Å²) in [5.41, 5.74) is 26.7. The fourth-order valence-corrected chi connectivity index (χ4v) is 13.0. The predicted octanol–water partition coefficient (Wildman–Crippen LogP) is 16.9. The third-order valence-corrected chi connectivity index (χ3v) is 16.1. The van der Waals surface area contributed by atoms with Crippen molar-refractivity contribution in [3.63, 3.8) is 0 Å². The monoisotopic (exact) mass is 841 g/mol. The molecule has 0 saturated carbocycles. The maximum Gasteiger partial charge on any atom is 0.0725 e. The van der Waals surface area contributed by atoms with Gasteiger partial charge in [-0.05, 0) is 153 Å². The Morgan fingerprint density at radius 1 is 0.288 bits per heavy atom. The Morgan fingerprint density at radius 2 is 0.758 bits per heavy atom. The van der Waals surface area contributed by atoms with Crippen LogP contribution in [0.5, 0.6) is 0 Å². The number of fused-ring (bicyclic) bond motifs is 18. The third-order valence-electron chi connectivity index (χ3n) is 16.1. The van der Waals surface area contributed by atoms with Crippen molar-refractivity contribution in [1.29, 1.82) is 0 Å². The zero-order chi connectivity index (χ0) is 44.1. The van der Waals surface area contributed by atoms with Crippen LogP contribution >= 0.6 is 0 Å². The van der Waals surface area contributed by atoms with E-state index in [0.717, 1.165) is 11.4 Å². The lowest BCUT2D eigenvalue weighted by molar-refractivity contribution is 0.660. The van der Waals surface area contributed by atoms with Gasteiger partial charge in [-0.25, -0.2) is 0 Å². The van der Waals surface area contributed by atoms with E-state index in [4.69, 9.17) is 0 Å². The molecular weight excluding hydrogens is 795 g/mol. The molecule has 0 heterocycles. The van der Waals surface area contributed by atoms with Crippen molar-refractivity contribution in [2.75, 3.05) is 4.90 Å². The Hall–Kier alpha value is -7.74. The average Bonchev–Trinajstić information content (AvgIpc) is 3.99. The minimum atomic E-state index is -0.434. The third kappa shape index (κ3) is 4.80. The first-order chi connectivity index (χ1) is 32.2. The van der Waals surface area contributed by atoms with E-state index in [1.165, 1.54) is 117 Å². The molecular formula is C65H47N. The van der Waals surface area contributed by atoms with Gasteiger partial charge >= 0.3 is 0 Å². The average molecular weight is 842 g/mol. The molecule has 4 aliphatic rings. The molecule has 0 bridgehead atoms. The fraction of sp³-hybridized carbons (Fsp3) is 0.108. The number of nitrogens with zero attached hydrogens (tertiary/aromatic N) is 1. The lowest BCUT2D eigenvalue weighted by atomic mass is 9.70. The highest BCUT2D eigenvalue weighted by Crippen LogP contribution is 2.64. The molecule has 1 atom stereocenters. The molecule has 0 radical (unpaired) electrons. The molecule has 1 unspecified atom stereocenters. The molecule has 1 spiro atoms. The van der Waals surface area contributed by atoms with Crippen LogP contribution in [-0.2, 0) is 16.2 Å². The molecule has 0 amide bonds. The van der Waals surface area contributed by atoms with Gasteiger partial charge in [0, 0.05) is 27.9 Å². The standard InChI is InChI=1S/C65H47N/c1-63(2)54-23-13-10-20-47(54)50-32-28-44(38-60(50)63)66(45-29-33-51-49-31-26-42(40-16-6-5-7-17-40)36-59(49)64(3,4)61(51)39-45)43-30-35-57-53(37-43)48-21-11-14-24-55(48)65(57)56-25-15-12-22-52(56)62-46-19-9-8-18-41(46)27-34-58(62)65/h5-39H,1-4H3. The number of anilines is 3. The van der Waals surface area contributed by atoms with E-state index in [9.17, 15) is 0 Å². The van der Waals surface area contributed by atoms with Crippen molar-refractivity contribution in [3.8, 4) is 55.6 Å². The minimum Gasteiger partial charge on any atom is -0.310 e. The summed E-state index contributed by atoms with van der Waals surface area (Å²) in [7, 11) is 0. The Labute approximate surface area is 387 Å². The number of rotatable bonds is 4. The van der Waals surface area contributed by atoms with Gasteiger partial charge in [0.25, 0.3) is 0 Å². The zero-order valence-corrected chi connectivity index (χ0v) is 37.7. The lowest BCUT2D eigenvalue weighted by Crippen LogP contribution is -2.25. The molecule has 0 aliphatic heterocycles. The van der Waals surface area contributed by atoms with Crippen LogP contribution in [0.2, 0.25) is 0 Å². The van der Waals surface area contributed by atoms with Gasteiger partial charge < -0.3 is 4.90 Å². The Morgan fingerprint density at radius 3 is 1.47 bits per heavy atom. The van der Waals surface area contributed by atoms with Crippen LogP contribution in [0.4, 0.5) is 17.1 Å². The molecule has 312 valence electrons. The van der Waals surface area contributed by atoms with Crippen LogP contribution in [0.1, 0.15) is 72.2 Å². The molecule has 1 nitrogen and oxygen atoms in total. The maximum absolute atomic E-state index is 2.53. The summed E-state index contributed by atoms with van der Waals surface area (Å²) in [6.45, 7) is 9.58. The lowest BCUT2D eigenvalue weighted by Gasteiger charge is -2.32. The normalized spacial score (nSPS) is 16.8. The number of hydrogen-bond donors (Lipinski definition) is 0. The second-order valence-electron chi connectivity index (χ2n) is 20.0. The summed E-state index contributed by atoms with van der Waals surface area (Å²) in [5.74, 6) is 0. The van der Waals surface area contributed by atoms with E-state index in [1.807, 2.05) is 0 Å². The van der Waals surface area contributed by atoms with Crippen LogP contribution in [0, 0.1) is 0 Å². The number of hydrogen-bond acceptors (Lipinski definition) is 1. The van der Waals surface area contributed by atoms with Crippen molar-refractivity contribution in [2.45, 2.75) is 43.9 Å². The highest BCUT2D eigenvalue weighted by Gasteiger charge is 2.52. The van der Waals surface area contributed by atoms with Gasteiger partial charge in [-0.1, -0.05) is 198 Å². The first kappa shape index (κ1) is 37.6. The van der Waals surface area contributed by atoms with Crippen molar-refractivity contribution in [3.05, 3.63) is 257 Å². The molecule has 14 rings (SSSR count). The summed E-state index contributed by atoms with van der Waals surface area (Å²) in [6.07, 6.45) is 0. The van der Waals surface area contributed by atoms with Gasteiger partial charge in [0.2, 0.25) is 0 Å². The minimum absolute atomic E-state index is 0.137. The molecule has 10 aromatic carbocycles. The highest BCUT2D eigenvalue weighted by molar-refractivity contribution is 6.06. The van der Waals surface area contributed by atoms with E-state index in [1.54, 1.807) is 0 Å². The number of benzene rings is 10. The van der Waals surface area contributed by atoms with Crippen LogP contribution in [0.15, 0.2) is 212 Å². The molecule has 0 aromatic heterocycles. The molecule has 10 aromatic rings. The SMILES string of the molecule is CC1(C)c2ccccc2-c2ccc(N(c3ccc4c(c3)-c3ccccc3C43c4ccccc4-c4c3ccc3ccccc43)c3ccc4c(c3)C(C)(C)c3cc(-c5ccccc5)ccc3-4)cc21. The van der Waals surface area contributed by atoms with Crippen molar-refractivity contribution in [1.82, 2.24) is 0 Å². The molecule has 0 N–H and O–H groups in total. The van der Waals surface area contributed by atoms with E-state index >= 15 is 0 Å². The van der Waals surface area contributed by atoms with E-state index in [0.29, 0.717) is 0 Å². The maximum atomic E-state index is 2.53. The predicted molar refractivity (Wildman–Crippen MR) is 275 cm³/mol. The quantitative estimate of drug-likeness (QED) is 0.171. The summed E-state index contributed by atoms with van der Waals surface area (Å²) in [5, 5.41) is 2.59. The van der Waals surface area contributed by atoms with Crippen molar-refractivity contribution < 1.29 is 0 Å². The smallest absolute Gasteiger partial charge is 0.0725 e. The van der Waals surface area contributed by atoms with Gasteiger partial charge in [0.15, 0.2) is 0 Å². The van der Waals surface area contributed by atoms with Crippen LogP contribution < -0.4 is 4.90 Å². The largest absolute Gasteiger partial charge is 0.310 e. The summed E-state index contributed by atoms with van der Waals surface area (Å²) >= 11 is 0. The second-order valence-corrected chi connectivity index (χ2v) is 20.0. The van der Waals surface area contributed by atoms with Gasteiger partial charge in [0.1, 0.15) is 0 Å². The van der Waals surface area contributed by atoms with E-state index in [-0.39, 0.29) is 10.8 Å². The first-order valence-corrected chi connectivity index (χ1v) is 23.5. The van der Waals surface area contributed by atoms with Crippen LogP contribution in [0.25, 0.3) is 66.4 Å². The van der Waals surface area contributed by atoms with Crippen LogP contribution in [-0.4, -0.2) is 0 Å². The summed E-state index contributed by atoms with van der Waals surface area (Å²) in [4.78, 5) is 2.53. The highest BCUT2D eigenvalue weighted by atomic mass is 15.1. The summed E-state index contributed by atoms with van der Waals surface area (Å²) < 4.78 is 0. The fourth-order valence-electron chi connectivity index (χ4n) is 13.0. The molecule has 0 saturated heterocycles. The Kier molecular flexibility index (Phi) is 7.51. The molecule has 0 fully saturated rings. The van der Waals surface area contributed by atoms with Crippen molar-refractivity contribution in [2.24, 2.45) is 0 Å². The first-order valence-electron chi connectivity index (χ1n) is 23.5. The summed E-state index contributed by atoms with van der Waals surface area (Å²) in [6, 6.07) is 80.6. The Balaban J connectivity index is 0.985. The van der Waals surface area contributed by atoms with Crippen molar-refractivity contribution >= 4 is 27.8 Å². The van der Waals surface area contributed by atoms with Crippen LogP contribution in [0.3, 0.4) is 0 Å². The molecule has 1 heteroatoms. The molecule has 4 aliphatic carbocycles. The molecule has 66 heavy (non-hydrogen) atoms. The van der Waals surface area contributed by atoms with E-state index in [2.05, 4.69) is 245 Å². The topological polar surface area (TPSA) is 3.24 Å². The van der Waals surface area contributed by atoms with Gasteiger partial charge in [-0.2, -0.15) is 0 Å². The second kappa shape index (κ2) is 13.2. The van der Waals surface area contributed by atoms with Gasteiger partial charge in [0.05, 0.1) is 5.41 Å². The Bertz CT molecular complexity index is 3720. The van der Waals surface area contributed by atoms with Gasteiger partial charge in [-0.15, -0.1) is 0 Å². The zero-order valence-electron chi connectivity index (χ0n) is 37.7. The van der Waals surface area contributed by atoms with Gasteiger partial charge in [-0.3, -0.25) is 0 Å².